The normalized spacial score (nSPS) is 12.8. The van der Waals surface area contributed by atoms with E-state index in [1.54, 1.807) is 22.7 Å². The molecular formula is C14H21N3S2. The molecule has 0 fully saturated rings. The molecule has 0 aliphatic heterocycles. The second-order valence-corrected chi connectivity index (χ2v) is 6.80. The van der Waals surface area contributed by atoms with E-state index in [2.05, 4.69) is 46.8 Å². The van der Waals surface area contributed by atoms with Gasteiger partial charge in [0.05, 0.1) is 15.7 Å². The van der Waals surface area contributed by atoms with Crippen molar-refractivity contribution in [1.29, 1.82) is 0 Å². The van der Waals surface area contributed by atoms with Crippen LogP contribution in [0.3, 0.4) is 0 Å². The first kappa shape index (κ1) is 14.6. The summed E-state index contributed by atoms with van der Waals surface area (Å²) in [6.07, 6.45) is 3.14. The molecule has 5 heteroatoms. The Morgan fingerprint density at radius 3 is 2.58 bits per heavy atom. The third-order valence-corrected chi connectivity index (χ3v) is 4.70. The average Bonchev–Trinajstić information content (AvgIpc) is 2.95. The number of aryl methyl sites for hydroxylation is 2. The fourth-order valence-corrected chi connectivity index (χ4v) is 3.51. The summed E-state index contributed by atoms with van der Waals surface area (Å²) < 4.78 is 0. The average molecular weight is 295 g/mol. The van der Waals surface area contributed by atoms with Crippen molar-refractivity contribution < 1.29 is 0 Å². The van der Waals surface area contributed by atoms with E-state index < -0.39 is 0 Å². The summed E-state index contributed by atoms with van der Waals surface area (Å²) >= 11 is 3.49. The summed E-state index contributed by atoms with van der Waals surface area (Å²) in [5, 5.41) is 10.3. The van der Waals surface area contributed by atoms with Gasteiger partial charge in [-0.25, -0.2) is 9.97 Å². The highest BCUT2D eigenvalue weighted by atomic mass is 32.1. The van der Waals surface area contributed by atoms with Gasteiger partial charge in [0, 0.05) is 35.3 Å². The number of nitrogens with zero attached hydrogens (tertiary/aromatic N) is 2. The molecule has 0 saturated heterocycles. The standard InChI is InChI=1S/C14H21N3S2/c1-4-5-15-12(6-13-9-18-11(3)17-13)7-14-16-10(2)8-19-14/h8-9,12,15H,4-7H2,1-3H3. The molecule has 1 N–H and O–H groups in total. The molecule has 19 heavy (non-hydrogen) atoms. The molecule has 2 aromatic rings. The fourth-order valence-electron chi connectivity index (χ4n) is 2.03. The van der Waals surface area contributed by atoms with E-state index in [4.69, 9.17) is 0 Å². The van der Waals surface area contributed by atoms with Crippen molar-refractivity contribution in [3.8, 4) is 0 Å². The third kappa shape index (κ3) is 4.67. The van der Waals surface area contributed by atoms with Crippen LogP contribution in [0.25, 0.3) is 0 Å². The first-order valence-corrected chi connectivity index (χ1v) is 8.48. The van der Waals surface area contributed by atoms with Crippen LogP contribution in [0.2, 0.25) is 0 Å². The van der Waals surface area contributed by atoms with Crippen LogP contribution in [0, 0.1) is 13.8 Å². The molecule has 0 bridgehead atoms. The van der Waals surface area contributed by atoms with Crippen molar-refractivity contribution in [2.45, 2.75) is 46.1 Å². The van der Waals surface area contributed by atoms with Gasteiger partial charge < -0.3 is 5.32 Å². The van der Waals surface area contributed by atoms with Crippen molar-refractivity contribution >= 4 is 22.7 Å². The molecule has 0 aliphatic rings. The number of thiazole rings is 2. The van der Waals surface area contributed by atoms with Crippen LogP contribution in [-0.2, 0) is 12.8 Å². The van der Waals surface area contributed by atoms with Crippen molar-refractivity contribution in [1.82, 2.24) is 15.3 Å². The summed E-state index contributed by atoms with van der Waals surface area (Å²) in [6, 6.07) is 0.437. The van der Waals surface area contributed by atoms with E-state index >= 15 is 0 Å². The molecule has 104 valence electrons. The predicted octanol–water partition coefficient (Wildman–Crippen LogP) is 3.37. The van der Waals surface area contributed by atoms with Crippen molar-refractivity contribution in [3.05, 3.63) is 32.2 Å². The summed E-state index contributed by atoms with van der Waals surface area (Å²) in [5.74, 6) is 0. The van der Waals surface area contributed by atoms with Crippen LogP contribution in [0.5, 0.6) is 0 Å². The SMILES string of the molecule is CCCNC(Cc1csc(C)n1)Cc1nc(C)cs1. The predicted molar refractivity (Wildman–Crippen MR) is 83.2 cm³/mol. The van der Waals surface area contributed by atoms with Crippen LogP contribution >= 0.6 is 22.7 Å². The summed E-state index contributed by atoms with van der Waals surface area (Å²) in [4.78, 5) is 9.13. The molecule has 1 atom stereocenters. The van der Waals surface area contributed by atoms with E-state index in [0.717, 1.165) is 36.5 Å². The largest absolute Gasteiger partial charge is 0.313 e. The van der Waals surface area contributed by atoms with E-state index in [9.17, 15) is 0 Å². The van der Waals surface area contributed by atoms with Crippen molar-refractivity contribution in [2.24, 2.45) is 0 Å². The molecule has 1 unspecified atom stereocenters. The minimum Gasteiger partial charge on any atom is -0.313 e. The molecule has 2 rings (SSSR count). The zero-order chi connectivity index (χ0) is 13.7. The zero-order valence-electron chi connectivity index (χ0n) is 11.8. The number of hydrogen-bond donors (Lipinski definition) is 1. The van der Waals surface area contributed by atoms with E-state index in [1.165, 1.54) is 10.7 Å². The maximum atomic E-state index is 4.57. The molecule has 0 radical (unpaired) electrons. The minimum atomic E-state index is 0.437. The lowest BCUT2D eigenvalue weighted by Crippen LogP contribution is -2.33. The van der Waals surface area contributed by atoms with Gasteiger partial charge >= 0.3 is 0 Å². The first-order valence-electron chi connectivity index (χ1n) is 6.72. The van der Waals surface area contributed by atoms with Gasteiger partial charge in [0.2, 0.25) is 0 Å². The lowest BCUT2D eigenvalue weighted by atomic mass is 10.1. The Morgan fingerprint density at radius 2 is 2.00 bits per heavy atom. The van der Waals surface area contributed by atoms with Gasteiger partial charge in [-0.3, -0.25) is 0 Å². The Labute approximate surface area is 123 Å². The lowest BCUT2D eigenvalue weighted by Gasteiger charge is -2.16. The molecular weight excluding hydrogens is 274 g/mol. The zero-order valence-corrected chi connectivity index (χ0v) is 13.4. The molecule has 2 heterocycles. The number of hydrogen-bond acceptors (Lipinski definition) is 5. The summed E-state index contributed by atoms with van der Waals surface area (Å²) in [5.41, 5.74) is 2.32. The minimum absolute atomic E-state index is 0.437. The number of nitrogens with one attached hydrogen (secondary N) is 1. The van der Waals surface area contributed by atoms with Gasteiger partial charge in [-0.05, 0) is 26.8 Å². The highest BCUT2D eigenvalue weighted by molar-refractivity contribution is 7.09. The van der Waals surface area contributed by atoms with E-state index in [-0.39, 0.29) is 0 Å². The van der Waals surface area contributed by atoms with Crippen LogP contribution in [0.1, 0.15) is 34.7 Å². The van der Waals surface area contributed by atoms with E-state index in [0.29, 0.717) is 6.04 Å². The summed E-state index contributed by atoms with van der Waals surface area (Å²) in [7, 11) is 0. The van der Waals surface area contributed by atoms with Crippen molar-refractivity contribution in [2.75, 3.05) is 6.54 Å². The maximum Gasteiger partial charge on any atom is 0.0943 e. The lowest BCUT2D eigenvalue weighted by molar-refractivity contribution is 0.500. The smallest absolute Gasteiger partial charge is 0.0943 e. The Kier molecular flexibility index (Phi) is 5.48. The quantitative estimate of drug-likeness (QED) is 0.851. The highest BCUT2D eigenvalue weighted by Crippen LogP contribution is 2.15. The Balaban J connectivity index is 1.98. The van der Waals surface area contributed by atoms with Gasteiger partial charge in [-0.15, -0.1) is 22.7 Å². The van der Waals surface area contributed by atoms with Gasteiger partial charge in [0.15, 0.2) is 0 Å². The second kappa shape index (κ2) is 7.12. The summed E-state index contributed by atoms with van der Waals surface area (Å²) in [6.45, 7) is 7.37. The fraction of sp³-hybridized carbons (Fsp3) is 0.571. The highest BCUT2D eigenvalue weighted by Gasteiger charge is 2.13. The van der Waals surface area contributed by atoms with Gasteiger partial charge in [0.1, 0.15) is 0 Å². The molecule has 3 nitrogen and oxygen atoms in total. The van der Waals surface area contributed by atoms with Gasteiger partial charge in [-0.2, -0.15) is 0 Å². The monoisotopic (exact) mass is 295 g/mol. The molecule has 2 aromatic heterocycles. The van der Waals surface area contributed by atoms with Crippen LogP contribution in [0.15, 0.2) is 10.8 Å². The molecule has 0 amide bonds. The van der Waals surface area contributed by atoms with E-state index in [1.807, 2.05) is 0 Å². The first-order chi connectivity index (χ1) is 9.17. The molecule has 0 aliphatic carbocycles. The second-order valence-electron chi connectivity index (χ2n) is 4.80. The third-order valence-electron chi connectivity index (χ3n) is 2.89. The number of aromatic nitrogens is 2. The maximum absolute atomic E-state index is 4.57. The Bertz CT molecular complexity index is 462. The van der Waals surface area contributed by atoms with Gasteiger partial charge in [-0.1, -0.05) is 6.92 Å². The van der Waals surface area contributed by atoms with Gasteiger partial charge in [0.25, 0.3) is 0 Å². The van der Waals surface area contributed by atoms with Crippen molar-refractivity contribution in [3.63, 3.8) is 0 Å². The molecule has 0 saturated carbocycles. The molecule has 0 spiro atoms. The van der Waals surface area contributed by atoms with Crippen LogP contribution in [-0.4, -0.2) is 22.6 Å². The number of rotatable bonds is 7. The topological polar surface area (TPSA) is 37.8 Å². The van der Waals surface area contributed by atoms with Crippen LogP contribution < -0.4 is 5.32 Å². The Hall–Kier alpha value is -0.780. The Morgan fingerprint density at radius 1 is 1.16 bits per heavy atom. The molecule has 0 aromatic carbocycles. The van der Waals surface area contributed by atoms with Crippen LogP contribution in [0.4, 0.5) is 0 Å².